The Morgan fingerprint density at radius 3 is 1.50 bits per heavy atom. The van der Waals surface area contributed by atoms with E-state index in [1.54, 1.807) is 0 Å². The van der Waals surface area contributed by atoms with Gasteiger partial charge in [0.1, 0.15) is 0 Å². The number of aliphatic hydroxyl groups is 1. The zero-order valence-corrected chi connectivity index (χ0v) is 24.5. The van der Waals surface area contributed by atoms with Gasteiger partial charge >= 0.3 is 0 Å². The number of carbonyl (C=O) groups is 1. The largest absolute Gasteiger partial charge is 0.388 e. The summed E-state index contributed by atoms with van der Waals surface area (Å²) in [6, 6.07) is 19.6. The Bertz CT molecular complexity index is 695. The first kappa shape index (κ1) is 36.1. The molecule has 2 heterocycles. The van der Waals surface area contributed by atoms with Crippen molar-refractivity contribution in [1.29, 1.82) is 0 Å². The van der Waals surface area contributed by atoms with Crippen LogP contribution in [0.1, 0.15) is 103 Å². The number of benzene rings is 2. The summed E-state index contributed by atoms with van der Waals surface area (Å²) in [5.41, 5.74) is 1.92. The minimum atomic E-state index is -0.279. The predicted molar refractivity (Wildman–Crippen MR) is 159 cm³/mol. The number of ketones is 1. The van der Waals surface area contributed by atoms with Gasteiger partial charge in [0, 0.05) is 11.5 Å². The minimum absolute atomic E-state index is 0.235. The van der Waals surface area contributed by atoms with Crippen molar-refractivity contribution in [3.8, 4) is 0 Å². The lowest BCUT2D eigenvalue weighted by atomic mass is 9.88. The lowest BCUT2D eigenvalue weighted by Crippen LogP contribution is -2.31. The Balaban J connectivity index is 0. The van der Waals surface area contributed by atoms with E-state index in [9.17, 15) is 9.90 Å². The van der Waals surface area contributed by atoms with Crippen molar-refractivity contribution in [2.24, 2.45) is 11.8 Å². The predicted octanol–water partition coefficient (Wildman–Crippen LogP) is 7.69. The zero-order chi connectivity index (χ0) is 27.6. The molecule has 3 N–H and O–H groups in total. The van der Waals surface area contributed by atoms with Gasteiger partial charge in [-0.05, 0) is 63.3 Å². The van der Waals surface area contributed by atoms with E-state index in [1.165, 1.54) is 0 Å². The molecule has 1 unspecified atom stereocenters. The molecule has 0 spiro atoms. The maximum absolute atomic E-state index is 12.0. The molecule has 4 rings (SSSR count). The van der Waals surface area contributed by atoms with Gasteiger partial charge in [0.2, 0.25) is 0 Å². The number of carbonyl (C=O) groups excluding carboxylic acids is 1. The number of nitrogens with one attached hydrogen (secondary N) is 2. The minimum Gasteiger partial charge on any atom is -0.388 e. The van der Waals surface area contributed by atoms with Gasteiger partial charge in [-0.25, -0.2) is 0 Å². The molecule has 0 aromatic heterocycles. The summed E-state index contributed by atoms with van der Waals surface area (Å²) in [7, 11) is 0. The van der Waals surface area contributed by atoms with Crippen LogP contribution < -0.4 is 10.6 Å². The van der Waals surface area contributed by atoms with Gasteiger partial charge in [0.25, 0.3) is 0 Å². The SMILES string of the molecule is CC.CC.CC.CC.O=C(c1ccccc1)C1CCNCC1.OC(c1ccccc1)C1CCNCC1. The Labute approximate surface area is 223 Å². The van der Waals surface area contributed by atoms with E-state index in [1.807, 2.05) is 116 Å². The van der Waals surface area contributed by atoms with Crippen molar-refractivity contribution in [3.05, 3.63) is 71.8 Å². The summed E-state index contributed by atoms with van der Waals surface area (Å²) in [5, 5.41) is 16.7. The molecule has 36 heavy (non-hydrogen) atoms. The molecule has 4 nitrogen and oxygen atoms in total. The molecule has 2 fully saturated rings. The first-order chi connectivity index (χ1) is 17.8. The number of Topliss-reactive ketones (excluding diaryl/α,β-unsaturated/α-hetero) is 1. The van der Waals surface area contributed by atoms with Gasteiger partial charge in [-0.2, -0.15) is 0 Å². The lowest BCUT2D eigenvalue weighted by molar-refractivity contribution is 0.0888. The highest BCUT2D eigenvalue weighted by Gasteiger charge is 2.22. The van der Waals surface area contributed by atoms with Crippen molar-refractivity contribution in [1.82, 2.24) is 10.6 Å². The van der Waals surface area contributed by atoms with E-state index >= 15 is 0 Å². The fraction of sp³-hybridized carbons (Fsp3) is 0.594. The fourth-order valence-corrected chi connectivity index (χ4v) is 4.00. The van der Waals surface area contributed by atoms with Gasteiger partial charge in [0.05, 0.1) is 6.10 Å². The molecule has 2 saturated heterocycles. The van der Waals surface area contributed by atoms with E-state index in [0.717, 1.165) is 63.0 Å². The molecule has 0 amide bonds. The highest BCUT2D eigenvalue weighted by Crippen LogP contribution is 2.28. The molecule has 2 aromatic rings. The number of aliphatic hydroxyl groups excluding tert-OH is 1. The Hall–Kier alpha value is -2.01. The number of hydrogen-bond donors (Lipinski definition) is 3. The molecule has 0 radical (unpaired) electrons. The molecule has 206 valence electrons. The van der Waals surface area contributed by atoms with E-state index < -0.39 is 0 Å². The molecule has 4 heteroatoms. The summed E-state index contributed by atoms with van der Waals surface area (Å²) in [5.74, 6) is 0.976. The van der Waals surface area contributed by atoms with Crippen LogP contribution in [-0.2, 0) is 0 Å². The highest BCUT2D eigenvalue weighted by atomic mass is 16.3. The third kappa shape index (κ3) is 14.5. The Morgan fingerprint density at radius 1 is 0.667 bits per heavy atom. The maximum Gasteiger partial charge on any atom is 0.166 e. The first-order valence-electron chi connectivity index (χ1n) is 14.5. The standard InChI is InChI=1S/C12H17NO.C12H15NO.4C2H6/c2*14-12(10-4-2-1-3-5-10)11-6-8-13-9-7-11;4*1-2/h1-5,11-14H,6-9H2;1-5,11,13H,6-9H2;4*1-2H3. The molecular weight excluding hydrogens is 444 g/mol. The van der Waals surface area contributed by atoms with Crippen LogP contribution >= 0.6 is 0 Å². The molecule has 2 aliphatic rings. The topological polar surface area (TPSA) is 61.4 Å². The second-order valence-corrected chi connectivity index (χ2v) is 7.70. The van der Waals surface area contributed by atoms with E-state index in [4.69, 9.17) is 0 Å². The van der Waals surface area contributed by atoms with Crippen LogP contribution in [0.3, 0.4) is 0 Å². The third-order valence-corrected chi connectivity index (χ3v) is 5.74. The smallest absolute Gasteiger partial charge is 0.166 e. The monoisotopic (exact) mass is 500 g/mol. The quantitative estimate of drug-likeness (QED) is 0.377. The van der Waals surface area contributed by atoms with Crippen molar-refractivity contribution in [2.45, 2.75) is 87.2 Å². The van der Waals surface area contributed by atoms with Gasteiger partial charge in [-0.3, -0.25) is 4.79 Å². The molecule has 0 aliphatic carbocycles. The van der Waals surface area contributed by atoms with Crippen LogP contribution in [0.5, 0.6) is 0 Å². The summed E-state index contributed by atoms with van der Waals surface area (Å²) in [6.07, 6.45) is 3.84. The maximum atomic E-state index is 12.0. The van der Waals surface area contributed by atoms with Crippen LogP contribution in [-0.4, -0.2) is 37.1 Å². The van der Waals surface area contributed by atoms with E-state index in [-0.39, 0.29) is 12.0 Å². The second kappa shape index (κ2) is 26.1. The molecule has 2 aromatic carbocycles. The second-order valence-electron chi connectivity index (χ2n) is 7.70. The van der Waals surface area contributed by atoms with Gasteiger partial charge in [-0.1, -0.05) is 116 Å². The fourth-order valence-electron chi connectivity index (χ4n) is 4.00. The number of hydrogen-bond acceptors (Lipinski definition) is 4. The molecule has 0 saturated carbocycles. The summed E-state index contributed by atoms with van der Waals surface area (Å²) < 4.78 is 0. The summed E-state index contributed by atoms with van der Waals surface area (Å²) in [4.78, 5) is 12.0. The molecule has 1 atom stereocenters. The average Bonchev–Trinajstić information content (AvgIpc) is 3.02. The first-order valence-corrected chi connectivity index (χ1v) is 14.5. The van der Waals surface area contributed by atoms with Crippen LogP contribution in [0.2, 0.25) is 0 Å². The van der Waals surface area contributed by atoms with Crippen molar-refractivity contribution in [3.63, 3.8) is 0 Å². The molecule has 0 bridgehead atoms. The van der Waals surface area contributed by atoms with Gasteiger partial charge < -0.3 is 15.7 Å². The average molecular weight is 501 g/mol. The molecule has 2 aliphatic heterocycles. The third-order valence-electron chi connectivity index (χ3n) is 5.74. The van der Waals surface area contributed by atoms with E-state index in [2.05, 4.69) is 10.6 Å². The summed E-state index contributed by atoms with van der Waals surface area (Å²) in [6.45, 7) is 20.0. The number of piperidine rings is 2. The summed E-state index contributed by atoms with van der Waals surface area (Å²) >= 11 is 0. The van der Waals surface area contributed by atoms with Crippen LogP contribution in [0, 0.1) is 11.8 Å². The molecular formula is C32H56N2O2. The van der Waals surface area contributed by atoms with Gasteiger partial charge in [-0.15, -0.1) is 0 Å². The highest BCUT2D eigenvalue weighted by molar-refractivity contribution is 5.97. The van der Waals surface area contributed by atoms with Crippen LogP contribution in [0.25, 0.3) is 0 Å². The van der Waals surface area contributed by atoms with Crippen LogP contribution in [0.4, 0.5) is 0 Å². The van der Waals surface area contributed by atoms with Crippen molar-refractivity contribution >= 4 is 5.78 Å². The Kier molecular flexibility index (Phi) is 26.2. The normalized spacial score (nSPS) is 15.7. The Morgan fingerprint density at radius 2 is 1.06 bits per heavy atom. The van der Waals surface area contributed by atoms with Crippen molar-refractivity contribution in [2.75, 3.05) is 26.2 Å². The lowest BCUT2D eigenvalue weighted by Gasteiger charge is -2.27. The van der Waals surface area contributed by atoms with Crippen molar-refractivity contribution < 1.29 is 9.90 Å². The zero-order valence-electron chi connectivity index (χ0n) is 24.5. The number of rotatable bonds is 4. The van der Waals surface area contributed by atoms with E-state index in [0.29, 0.717) is 11.7 Å². The van der Waals surface area contributed by atoms with Gasteiger partial charge in [0.15, 0.2) is 5.78 Å². The van der Waals surface area contributed by atoms with Crippen LogP contribution in [0.15, 0.2) is 60.7 Å².